The average molecular weight is 398 g/mol. The van der Waals surface area contributed by atoms with Gasteiger partial charge in [-0.1, -0.05) is 20.3 Å². The SMILES string of the molecule is CCCCOc1cc(F)c(CC(C)[C@]2(O)CCC3(C=C2O)OCCO3)cc1F. The quantitative estimate of drug-likeness (QED) is 0.679. The third-order valence-corrected chi connectivity index (χ3v) is 5.63. The molecular weight excluding hydrogens is 370 g/mol. The standard InChI is InChI=1S/C21H28F2O5/c1-3-4-7-26-18-12-16(22)15(11-17(18)23)10-14(2)21(25)6-5-20(13-19(21)24)27-8-9-28-20/h11-14,24-25H,3-10H2,1-2H3/t14?,21-/m1/s1. The van der Waals surface area contributed by atoms with Gasteiger partial charge in [-0.05, 0) is 36.8 Å². The number of hydrogen-bond acceptors (Lipinski definition) is 5. The van der Waals surface area contributed by atoms with E-state index in [1.54, 1.807) is 6.92 Å². The summed E-state index contributed by atoms with van der Waals surface area (Å²) in [6, 6.07) is 2.15. The van der Waals surface area contributed by atoms with Gasteiger partial charge in [-0.25, -0.2) is 8.78 Å². The Morgan fingerprint density at radius 1 is 1.18 bits per heavy atom. The maximum Gasteiger partial charge on any atom is 0.191 e. The molecule has 1 saturated heterocycles. The van der Waals surface area contributed by atoms with Gasteiger partial charge in [0.05, 0.1) is 19.8 Å². The van der Waals surface area contributed by atoms with Crippen molar-refractivity contribution in [3.05, 3.63) is 41.2 Å². The molecule has 1 spiro atoms. The van der Waals surface area contributed by atoms with Crippen LogP contribution in [0.15, 0.2) is 24.0 Å². The first-order valence-electron chi connectivity index (χ1n) is 9.83. The molecule has 156 valence electrons. The van der Waals surface area contributed by atoms with Crippen LogP contribution < -0.4 is 4.74 Å². The Balaban J connectivity index is 1.73. The lowest BCUT2D eigenvalue weighted by atomic mass is 9.75. The van der Waals surface area contributed by atoms with E-state index in [0.717, 1.165) is 25.0 Å². The van der Waals surface area contributed by atoms with E-state index in [4.69, 9.17) is 14.2 Å². The molecule has 3 rings (SSSR count). The second-order valence-electron chi connectivity index (χ2n) is 7.64. The zero-order valence-electron chi connectivity index (χ0n) is 16.3. The van der Waals surface area contributed by atoms with Gasteiger partial charge in [-0.3, -0.25) is 0 Å². The Kier molecular flexibility index (Phi) is 6.27. The third kappa shape index (κ3) is 4.16. The second kappa shape index (κ2) is 8.35. The highest BCUT2D eigenvalue weighted by Gasteiger charge is 2.48. The first-order chi connectivity index (χ1) is 13.3. The minimum atomic E-state index is -1.56. The van der Waals surface area contributed by atoms with Crippen molar-refractivity contribution in [3.63, 3.8) is 0 Å². The molecule has 0 radical (unpaired) electrons. The van der Waals surface area contributed by atoms with Crippen LogP contribution in [0.25, 0.3) is 0 Å². The van der Waals surface area contributed by atoms with E-state index in [1.807, 2.05) is 6.92 Å². The Morgan fingerprint density at radius 3 is 2.54 bits per heavy atom. The number of aliphatic hydroxyl groups excluding tert-OH is 1. The summed E-state index contributed by atoms with van der Waals surface area (Å²) in [4.78, 5) is 0. The molecule has 2 atom stereocenters. The van der Waals surface area contributed by atoms with Gasteiger partial charge >= 0.3 is 0 Å². The van der Waals surface area contributed by atoms with Crippen LogP contribution in [0.4, 0.5) is 8.78 Å². The monoisotopic (exact) mass is 398 g/mol. The summed E-state index contributed by atoms with van der Waals surface area (Å²) in [5.74, 6) is -3.15. The Labute approximate surface area is 163 Å². The fraction of sp³-hybridized carbons (Fsp3) is 0.619. The van der Waals surface area contributed by atoms with Crippen LogP contribution in [0.5, 0.6) is 5.75 Å². The largest absolute Gasteiger partial charge is 0.509 e. The number of benzene rings is 1. The van der Waals surface area contributed by atoms with Crippen molar-refractivity contribution in [1.29, 1.82) is 0 Å². The smallest absolute Gasteiger partial charge is 0.191 e. The Hall–Kier alpha value is -1.70. The molecule has 2 aliphatic rings. The van der Waals surface area contributed by atoms with Crippen molar-refractivity contribution < 1.29 is 33.2 Å². The molecule has 7 heteroatoms. The number of unbranched alkanes of at least 4 members (excludes halogenated alkanes) is 1. The van der Waals surface area contributed by atoms with E-state index in [9.17, 15) is 19.0 Å². The van der Waals surface area contributed by atoms with Gasteiger partial charge in [-0.2, -0.15) is 0 Å². The van der Waals surface area contributed by atoms with Gasteiger partial charge < -0.3 is 24.4 Å². The summed E-state index contributed by atoms with van der Waals surface area (Å²) in [6.07, 6.45) is 3.67. The maximum absolute atomic E-state index is 14.5. The van der Waals surface area contributed by atoms with E-state index >= 15 is 0 Å². The number of halogens is 2. The summed E-state index contributed by atoms with van der Waals surface area (Å²) < 4.78 is 45.1. The van der Waals surface area contributed by atoms with E-state index in [0.29, 0.717) is 26.2 Å². The minimum absolute atomic E-state index is 0.0567. The van der Waals surface area contributed by atoms with Gasteiger partial charge in [0, 0.05) is 18.6 Å². The number of aliphatic hydroxyl groups is 2. The molecule has 2 N–H and O–H groups in total. The summed E-state index contributed by atoms with van der Waals surface area (Å²) >= 11 is 0. The van der Waals surface area contributed by atoms with Crippen LogP contribution >= 0.6 is 0 Å². The number of rotatable bonds is 7. The van der Waals surface area contributed by atoms with Gasteiger partial charge in [0.15, 0.2) is 17.4 Å². The first kappa shape index (κ1) is 21.0. The highest BCUT2D eigenvalue weighted by molar-refractivity contribution is 5.32. The molecule has 1 aliphatic carbocycles. The molecule has 1 fully saturated rings. The summed E-state index contributed by atoms with van der Waals surface area (Å²) in [5.41, 5.74) is -1.43. The lowest BCUT2D eigenvalue weighted by Gasteiger charge is -2.41. The lowest BCUT2D eigenvalue weighted by molar-refractivity contribution is -0.153. The normalized spacial score (nSPS) is 25.0. The second-order valence-corrected chi connectivity index (χ2v) is 7.64. The Morgan fingerprint density at radius 2 is 1.89 bits per heavy atom. The predicted molar refractivity (Wildman–Crippen MR) is 99.2 cm³/mol. The first-order valence-corrected chi connectivity index (χ1v) is 9.83. The van der Waals surface area contributed by atoms with E-state index in [2.05, 4.69) is 0 Å². The van der Waals surface area contributed by atoms with Crippen LogP contribution in [0, 0.1) is 17.6 Å². The fourth-order valence-electron chi connectivity index (χ4n) is 3.76. The number of hydrogen-bond donors (Lipinski definition) is 2. The molecule has 0 aromatic heterocycles. The van der Waals surface area contributed by atoms with Crippen LogP contribution in [0.3, 0.4) is 0 Å². The van der Waals surface area contributed by atoms with Crippen LogP contribution in [-0.4, -0.2) is 41.4 Å². The zero-order chi connectivity index (χ0) is 20.4. The molecule has 1 aromatic carbocycles. The van der Waals surface area contributed by atoms with E-state index in [1.165, 1.54) is 6.08 Å². The van der Waals surface area contributed by atoms with Gasteiger partial charge in [0.1, 0.15) is 17.2 Å². The lowest BCUT2D eigenvalue weighted by Crippen LogP contribution is -2.47. The van der Waals surface area contributed by atoms with Gasteiger partial charge in [-0.15, -0.1) is 0 Å². The summed E-state index contributed by atoms with van der Waals surface area (Å²) in [6.45, 7) is 4.86. The molecule has 1 aromatic rings. The molecule has 1 aliphatic heterocycles. The maximum atomic E-state index is 14.5. The average Bonchev–Trinajstić information content (AvgIpc) is 3.11. The van der Waals surface area contributed by atoms with Crippen molar-refractivity contribution in [1.82, 2.24) is 0 Å². The molecule has 0 saturated carbocycles. The van der Waals surface area contributed by atoms with Gasteiger partial charge in [0.25, 0.3) is 0 Å². The highest BCUT2D eigenvalue weighted by atomic mass is 19.1. The fourth-order valence-corrected chi connectivity index (χ4v) is 3.76. The highest BCUT2D eigenvalue weighted by Crippen LogP contribution is 2.42. The molecular formula is C21H28F2O5. The molecule has 5 nitrogen and oxygen atoms in total. The summed E-state index contributed by atoms with van der Waals surface area (Å²) in [7, 11) is 0. The molecule has 0 bridgehead atoms. The Bertz CT molecular complexity index is 730. The van der Waals surface area contributed by atoms with Crippen molar-refractivity contribution in [2.24, 2.45) is 5.92 Å². The van der Waals surface area contributed by atoms with Crippen LogP contribution in [0.2, 0.25) is 0 Å². The zero-order valence-corrected chi connectivity index (χ0v) is 16.3. The van der Waals surface area contributed by atoms with Crippen molar-refractivity contribution >= 4 is 0 Å². The van der Waals surface area contributed by atoms with E-state index < -0.39 is 28.9 Å². The van der Waals surface area contributed by atoms with Crippen molar-refractivity contribution in [3.8, 4) is 5.75 Å². The minimum Gasteiger partial charge on any atom is -0.509 e. The van der Waals surface area contributed by atoms with Gasteiger partial charge in [0.2, 0.25) is 0 Å². The summed E-state index contributed by atoms with van der Waals surface area (Å²) in [5, 5.41) is 21.5. The van der Waals surface area contributed by atoms with Crippen LogP contribution in [-0.2, 0) is 15.9 Å². The van der Waals surface area contributed by atoms with Crippen molar-refractivity contribution in [2.75, 3.05) is 19.8 Å². The predicted octanol–water partition coefficient (Wildman–Crippen LogP) is 4.03. The van der Waals surface area contributed by atoms with Crippen LogP contribution in [0.1, 0.15) is 45.1 Å². The molecule has 0 amide bonds. The van der Waals surface area contributed by atoms with Crippen molar-refractivity contribution in [2.45, 2.75) is 57.3 Å². The third-order valence-electron chi connectivity index (χ3n) is 5.63. The topological polar surface area (TPSA) is 68.2 Å². The molecule has 1 heterocycles. The molecule has 1 unspecified atom stereocenters. The van der Waals surface area contributed by atoms with E-state index in [-0.39, 0.29) is 29.9 Å². The molecule has 28 heavy (non-hydrogen) atoms. The number of ether oxygens (including phenoxy) is 3.